The van der Waals surface area contributed by atoms with Crippen LogP contribution in [0, 0.1) is 0 Å². The average Bonchev–Trinajstić information content (AvgIpc) is 2.08. The van der Waals surface area contributed by atoms with E-state index in [0.29, 0.717) is 6.61 Å². The van der Waals surface area contributed by atoms with Gasteiger partial charge >= 0.3 is 0 Å². The first-order chi connectivity index (χ1) is 6.56. The molecule has 0 aromatic carbocycles. The third-order valence-corrected chi connectivity index (χ3v) is 3.19. The van der Waals surface area contributed by atoms with Gasteiger partial charge in [-0.2, -0.15) is 0 Å². The number of hydrogen-bond acceptors (Lipinski definition) is 2. The van der Waals surface area contributed by atoms with E-state index < -0.39 is 5.69 Å². The van der Waals surface area contributed by atoms with Crippen molar-refractivity contribution in [1.29, 1.82) is 0 Å². The van der Waals surface area contributed by atoms with E-state index >= 15 is 0 Å². The Morgan fingerprint density at radius 3 is 2.14 bits per heavy atom. The first-order valence-electron chi connectivity index (χ1n) is 5.26. The van der Waals surface area contributed by atoms with E-state index in [2.05, 4.69) is 31.0 Å². The second kappa shape index (κ2) is 9.17. The molecule has 1 atom stereocenters. The minimum Gasteiger partial charge on any atom is -0.338 e. The lowest BCUT2D eigenvalue weighted by Crippen LogP contribution is -1.89. The van der Waals surface area contributed by atoms with Crippen LogP contribution >= 0.6 is 17.9 Å². The second-order valence-electron chi connectivity index (χ2n) is 3.45. The molecule has 5 heteroatoms. The summed E-state index contributed by atoms with van der Waals surface area (Å²) in [6.45, 7) is 2.76. The van der Waals surface area contributed by atoms with Gasteiger partial charge in [-0.3, -0.25) is 0 Å². The summed E-state index contributed by atoms with van der Waals surface area (Å²) in [4.78, 5) is 9.06. The molecule has 0 fully saturated rings. The second-order valence-corrected chi connectivity index (χ2v) is 8.61. The zero-order chi connectivity index (χ0) is 10.9. The Bertz CT molecular complexity index is 170. The van der Waals surface area contributed by atoms with Crippen LogP contribution < -0.4 is 0 Å². The molecule has 14 heavy (non-hydrogen) atoms. The van der Waals surface area contributed by atoms with Crippen molar-refractivity contribution in [2.24, 2.45) is 0 Å². The molecule has 0 aliphatic carbocycles. The van der Waals surface area contributed by atoms with Gasteiger partial charge in [0.25, 0.3) is 0 Å². The standard InChI is InChI=1S/C9H21O2PS2/c1-2-3-4-5-6-7-8-9-11-12(10,13)14/h2-9H2,1H3,(H2,10,13,14). The van der Waals surface area contributed by atoms with Crippen LogP contribution in [0.3, 0.4) is 0 Å². The normalized spacial score (nSPS) is 15.4. The third-order valence-electron chi connectivity index (χ3n) is 2.01. The maximum atomic E-state index is 9.06. The van der Waals surface area contributed by atoms with Gasteiger partial charge in [0.15, 0.2) is 0 Å². The van der Waals surface area contributed by atoms with Crippen LogP contribution in [0.25, 0.3) is 0 Å². The van der Waals surface area contributed by atoms with Crippen LogP contribution in [0.4, 0.5) is 0 Å². The number of rotatable bonds is 9. The number of hydrogen-bond donors (Lipinski definition) is 2. The molecule has 0 saturated heterocycles. The van der Waals surface area contributed by atoms with Crippen LogP contribution in [0.15, 0.2) is 0 Å². The van der Waals surface area contributed by atoms with E-state index in [1.54, 1.807) is 0 Å². The highest BCUT2D eigenvalue weighted by Gasteiger charge is 2.04. The maximum Gasteiger partial charge on any atom is 0.241 e. The Kier molecular flexibility index (Phi) is 9.77. The molecular formula is C9H21O2PS2. The summed E-state index contributed by atoms with van der Waals surface area (Å²) in [6.07, 6.45) is 8.66. The van der Waals surface area contributed by atoms with E-state index in [0.717, 1.165) is 12.8 Å². The first kappa shape index (κ1) is 14.9. The van der Waals surface area contributed by atoms with Crippen molar-refractivity contribution < 1.29 is 9.42 Å². The van der Waals surface area contributed by atoms with Gasteiger partial charge in [0.1, 0.15) is 0 Å². The van der Waals surface area contributed by atoms with Crippen molar-refractivity contribution in [1.82, 2.24) is 0 Å². The van der Waals surface area contributed by atoms with Crippen molar-refractivity contribution in [2.45, 2.75) is 51.9 Å². The molecule has 0 spiro atoms. The summed E-state index contributed by atoms with van der Waals surface area (Å²) in [5.74, 6) is 0. The Labute approximate surface area is 97.8 Å². The van der Waals surface area contributed by atoms with Gasteiger partial charge in [0.05, 0.1) is 6.61 Å². The zero-order valence-electron chi connectivity index (χ0n) is 8.81. The molecule has 0 aliphatic heterocycles. The lowest BCUT2D eigenvalue weighted by Gasteiger charge is -2.08. The zero-order valence-corrected chi connectivity index (χ0v) is 11.4. The van der Waals surface area contributed by atoms with E-state index in [4.69, 9.17) is 9.42 Å². The Balaban J connectivity index is 3.03. The Morgan fingerprint density at radius 1 is 1.14 bits per heavy atom. The lowest BCUT2D eigenvalue weighted by molar-refractivity contribution is 0.307. The molecule has 0 rings (SSSR count). The van der Waals surface area contributed by atoms with Crippen LogP contribution in [-0.2, 0) is 16.3 Å². The molecule has 0 aromatic heterocycles. The highest BCUT2D eigenvalue weighted by atomic mass is 32.9. The highest BCUT2D eigenvalue weighted by Crippen LogP contribution is 2.47. The summed E-state index contributed by atoms with van der Waals surface area (Å²) in [6, 6.07) is 0. The molecular weight excluding hydrogens is 235 g/mol. The minimum absolute atomic E-state index is 0.547. The number of unbranched alkanes of at least 4 members (excludes halogenated alkanes) is 6. The van der Waals surface area contributed by atoms with Crippen molar-refractivity contribution in [2.75, 3.05) is 6.61 Å². The monoisotopic (exact) mass is 256 g/mol. The van der Waals surface area contributed by atoms with Crippen LogP contribution in [0.2, 0.25) is 0 Å². The van der Waals surface area contributed by atoms with E-state index in [-0.39, 0.29) is 0 Å². The van der Waals surface area contributed by atoms with Gasteiger partial charge in [-0.15, -0.1) is 0 Å². The molecule has 0 amide bonds. The molecule has 0 bridgehead atoms. The fourth-order valence-electron chi connectivity index (χ4n) is 1.24. The van der Waals surface area contributed by atoms with Crippen LogP contribution in [0.1, 0.15) is 51.9 Å². The van der Waals surface area contributed by atoms with E-state index in [9.17, 15) is 0 Å². The molecule has 0 saturated carbocycles. The summed E-state index contributed by atoms with van der Waals surface area (Å²) in [5.41, 5.74) is -2.70. The first-order valence-corrected chi connectivity index (χ1v) is 9.09. The smallest absolute Gasteiger partial charge is 0.241 e. The highest BCUT2D eigenvalue weighted by molar-refractivity contribution is 8.59. The summed E-state index contributed by atoms with van der Waals surface area (Å²) >= 11 is 8.41. The largest absolute Gasteiger partial charge is 0.338 e. The molecule has 0 heterocycles. The predicted octanol–water partition coefficient (Wildman–Crippen LogP) is 3.90. The SMILES string of the molecule is CCCCCCCCCOP(O)(=S)S. The van der Waals surface area contributed by atoms with Gasteiger partial charge in [-0.1, -0.05) is 57.7 Å². The molecule has 86 valence electrons. The van der Waals surface area contributed by atoms with Gasteiger partial charge in [-0.05, 0) is 18.2 Å². The van der Waals surface area contributed by atoms with E-state index in [1.165, 1.54) is 32.1 Å². The van der Waals surface area contributed by atoms with Gasteiger partial charge in [0.2, 0.25) is 5.69 Å². The summed E-state index contributed by atoms with van der Waals surface area (Å²) < 4.78 is 5.00. The average molecular weight is 256 g/mol. The molecule has 0 radical (unpaired) electrons. The van der Waals surface area contributed by atoms with Crippen LogP contribution in [0.5, 0.6) is 0 Å². The van der Waals surface area contributed by atoms with Gasteiger partial charge in [0, 0.05) is 0 Å². The molecule has 1 N–H and O–H groups in total. The lowest BCUT2D eigenvalue weighted by atomic mass is 10.1. The third kappa shape index (κ3) is 12.9. The maximum absolute atomic E-state index is 9.06. The molecule has 2 nitrogen and oxygen atoms in total. The van der Waals surface area contributed by atoms with Crippen molar-refractivity contribution in [3.05, 3.63) is 0 Å². The van der Waals surface area contributed by atoms with Crippen molar-refractivity contribution >= 4 is 29.7 Å². The topological polar surface area (TPSA) is 29.5 Å². The van der Waals surface area contributed by atoms with Crippen molar-refractivity contribution in [3.8, 4) is 0 Å². The summed E-state index contributed by atoms with van der Waals surface area (Å²) in [5, 5.41) is 0. The minimum atomic E-state index is -2.70. The molecule has 1 unspecified atom stereocenters. The van der Waals surface area contributed by atoms with Crippen LogP contribution in [-0.4, -0.2) is 11.5 Å². The molecule has 0 aliphatic rings. The Hall–Kier alpha value is 0.920. The Morgan fingerprint density at radius 2 is 1.64 bits per heavy atom. The number of thiol groups is 1. The fraction of sp³-hybridized carbons (Fsp3) is 1.00. The van der Waals surface area contributed by atoms with E-state index in [1.807, 2.05) is 0 Å². The van der Waals surface area contributed by atoms with Gasteiger partial charge in [-0.25, -0.2) is 0 Å². The predicted molar refractivity (Wildman–Crippen MR) is 69.4 cm³/mol. The summed E-state index contributed by atoms with van der Waals surface area (Å²) in [7, 11) is 0. The van der Waals surface area contributed by atoms with Gasteiger partial charge < -0.3 is 9.42 Å². The quantitative estimate of drug-likeness (QED) is 0.372. The fourth-order valence-corrected chi connectivity index (χ4v) is 2.08. The molecule has 0 aromatic rings. The van der Waals surface area contributed by atoms with Crippen molar-refractivity contribution in [3.63, 3.8) is 0 Å².